The lowest BCUT2D eigenvalue weighted by atomic mass is 10.1. The summed E-state index contributed by atoms with van der Waals surface area (Å²) in [5, 5.41) is 4.57. The summed E-state index contributed by atoms with van der Waals surface area (Å²) in [6.45, 7) is 2.65. The Morgan fingerprint density at radius 2 is 1.95 bits per heavy atom. The Balaban J connectivity index is 2.13. The Bertz CT molecular complexity index is 628. The Labute approximate surface area is 124 Å². The first kappa shape index (κ1) is 15.1. The molecule has 0 bridgehead atoms. The molecule has 0 radical (unpaired) electrons. The predicted octanol–water partition coefficient (Wildman–Crippen LogP) is 1.95. The molecule has 0 aliphatic heterocycles. The largest absolute Gasteiger partial charge is 0.480 e. The molecule has 0 aliphatic carbocycles. The maximum atomic E-state index is 11.9. The van der Waals surface area contributed by atoms with Crippen LogP contribution in [0, 0.1) is 0 Å². The predicted molar refractivity (Wildman–Crippen MR) is 83.3 cm³/mol. The Morgan fingerprint density at radius 1 is 1.24 bits per heavy atom. The molecule has 112 valence electrons. The Hall–Kier alpha value is -2.27. The average Bonchev–Trinajstić information content (AvgIpc) is 2.50. The molecule has 0 spiro atoms. The minimum atomic E-state index is -0.589. The molecule has 3 N–H and O–H groups in total. The summed E-state index contributed by atoms with van der Waals surface area (Å²) in [6.07, 6.45) is -0.589. The second-order valence-electron chi connectivity index (χ2n) is 4.74. The lowest BCUT2D eigenvalue weighted by Crippen LogP contribution is -2.37. The molecule has 0 aromatic heterocycles. The maximum Gasteiger partial charge on any atom is 0.260 e. The van der Waals surface area contributed by atoms with E-state index < -0.39 is 6.10 Å². The number of amides is 1. The van der Waals surface area contributed by atoms with Crippen LogP contribution in [-0.2, 0) is 9.53 Å². The summed E-state index contributed by atoms with van der Waals surface area (Å²) >= 11 is 0. The van der Waals surface area contributed by atoms with E-state index in [0.29, 0.717) is 24.6 Å². The molecule has 0 saturated heterocycles. The molecular weight excluding hydrogens is 268 g/mol. The molecule has 5 nitrogen and oxygen atoms in total. The zero-order valence-electron chi connectivity index (χ0n) is 12.3. The van der Waals surface area contributed by atoms with Gasteiger partial charge in [-0.05, 0) is 19.1 Å². The highest BCUT2D eigenvalue weighted by molar-refractivity contribution is 5.97. The van der Waals surface area contributed by atoms with Gasteiger partial charge in [-0.2, -0.15) is 0 Å². The van der Waals surface area contributed by atoms with Crippen molar-refractivity contribution in [3.05, 3.63) is 36.4 Å². The fourth-order valence-corrected chi connectivity index (χ4v) is 2.06. The van der Waals surface area contributed by atoms with E-state index in [4.69, 9.17) is 15.2 Å². The third-order valence-electron chi connectivity index (χ3n) is 3.20. The highest BCUT2D eigenvalue weighted by atomic mass is 16.5. The van der Waals surface area contributed by atoms with Crippen molar-refractivity contribution >= 4 is 22.4 Å². The molecule has 1 amide bonds. The number of nitrogens with one attached hydrogen (secondary N) is 1. The van der Waals surface area contributed by atoms with E-state index in [1.54, 1.807) is 26.2 Å². The van der Waals surface area contributed by atoms with Crippen LogP contribution in [-0.4, -0.2) is 32.3 Å². The summed E-state index contributed by atoms with van der Waals surface area (Å²) in [5.41, 5.74) is 6.64. The number of anilines is 1. The Kier molecular flexibility index (Phi) is 5.00. The van der Waals surface area contributed by atoms with Crippen molar-refractivity contribution in [3.63, 3.8) is 0 Å². The summed E-state index contributed by atoms with van der Waals surface area (Å²) in [6, 6.07) is 11.3. The van der Waals surface area contributed by atoms with Gasteiger partial charge in [0.25, 0.3) is 5.91 Å². The van der Waals surface area contributed by atoms with Gasteiger partial charge in [-0.25, -0.2) is 0 Å². The van der Waals surface area contributed by atoms with Crippen molar-refractivity contribution in [1.29, 1.82) is 0 Å². The van der Waals surface area contributed by atoms with E-state index in [1.807, 2.05) is 24.3 Å². The van der Waals surface area contributed by atoms with Gasteiger partial charge in [-0.15, -0.1) is 0 Å². The van der Waals surface area contributed by atoms with E-state index in [1.165, 1.54) is 0 Å². The van der Waals surface area contributed by atoms with E-state index in [9.17, 15) is 4.79 Å². The minimum absolute atomic E-state index is 0.173. The SMILES string of the molecule is COCCNC(=O)C(C)Oc1ccc(N)c2ccccc12. The van der Waals surface area contributed by atoms with Crippen molar-refractivity contribution in [2.24, 2.45) is 0 Å². The van der Waals surface area contributed by atoms with E-state index in [2.05, 4.69) is 5.32 Å². The smallest absolute Gasteiger partial charge is 0.260 e. The average molecular weight is 288 g/mol. The van der Waals surface area contributed by atoms with Gasteiger partial charge in [-0.3, -0.25) is 4.79 Å². The van der Waals surface area contributed by atoms with Gasteiger partial charge in [0.15, 0.2) is 6.10 Å². The van der Waals surface area contributed by atoms with Gasteiger partial charge >= 0.3 is 0 Å². The zero-order valence-corrected chi connectivity index (χ0v) is 12.3. The van der Waals surface area contributed by atoms with Crippen LogP contribution in [0.3, 0.4) is 0 Å². The van der Waals surface area contributed by atoms with Crippen molar-refractivity contribution in [2.45, 2.75) is 13.0 Å². The summed E-state index contributed by atoms with van der Waals surface area (Å²) < 4.78 is 10.7. The van der Waals surface area contributed by atoms with Gasteiger partial charge in [0.2, 0.25) is 0 Å². The lowest BCUT2D eigenvalue weighted by Gasteiger charge is -2.16. The summed E-state index contributed by atoms with van der Waals surface area (Å²) in [7, 11) is 1.59. The summed E-state index contributed by atoms with van der Waals surface area (Å²) in [4.78, 5) is 11.9. The minimum Gasteiger partial charge on any atom is -0.480 e. The highest BCUT2D eigenvalue weighted by Gasteiger charge is 2.15. The molecule has 1 atom stereocenters. The van der Waals surface area contributed by atoms with Crippen LogP contribution in [0.1, 0.15) is 6.92 Å². The van der Waals surface area contributed by atoms with Gasteiger partial charge in [0.05, 0.1) is 6.61 Å². The third kappa shape index (κ3) is 3.64. The quantitative estimate of drug-likeness (QED) is 0.629. The van der Waals surface area contributed by atoms with Crippen LogP contribution in [0.25, 0.3) is 10.8 Å². The van der Waals surface area contributed by atoms with E-state index >= 15 is 0 Å². The fourth-order valence-electron chi connectivity index (χ4n) is 2.06. The molecule has 0 heterocycles. The van der Waals surface area contributed by atoms with Crippen LogP contribution < -0.4 is 15.8 Å². The second-order valence-corrected chi connectivity index (χ2v) is 4.74. The molecule has 0 saturated carbocycles. The van der Waals surface area contributed by atoms with Crippen molar-refractivity contribution in [2.75, 3.05) is 26.0 Å². The Morgan fingerprint density at radius 3 is 2.67 bits per heavy atom. The number of hydrogen-bond acceptors (Lipinski definition) is 4. The van der Waals surface area contributed by atoms with Gasteiger partial charge < -0.3 is 20.5 Å². The first-order valence-electron chi connectivity index (χ1n) is 6.84. The lowest BCUT2D eigenvalue weighted by molar-refractivity contribution is -0.127. The molecule has 21 heavy (non-hydrogen) atoms. The number of nitrogen functional groups attached to an aromatic ring is 1. The van der Waals surface area contributed by atoms with Gasteiger partial charge in [-0.1, -0.05) is 24.3 Å². The molecule has 2 aromatic carbocycles. The molecule has 2 rings (SSSR count). The van der Waals surface area contributed by atoms with Crippen LogP contribution in [0.4, 0.5) is 5.69 Å². The van der Waals surface area contributed by atoms with Crippen LogP contribution in [0.5, 0.6) is 5.75 Å². The number of ether oxygens (including phenoxy) is 2. The van der Waals surface area contributed by atoms with Gasteiger partial charge in [0.1, 0.15) is 5.75 Å². The molecule has 0 aliphatic rings. The number of carbonyl (C=O) groups is 1. The number of benzene rings is 2. The van der Waals surface area contributed by atoms with Crippen molar-refractivity contribution in [1.82, 2.24) is 5.32 Å². The number of carbonyl (C=O) groups excluding carboxylic acids is 1. The number of methoxy groups -OCH3 is 1. The maximum absolute atomic E-state index is 11.9. The summed E-state index contributed by atoms with van der Waals surface area (Å²) in [5.74, 6) is 0.474. The topological polar surface area (TPSA) is 73.6 Å². The van der Waals surface area contributed by atoms with Crippen molar-refractivity contribution in [3.8, 4) is 5.75 Å². The number of hydrogen-bond donors (Lipinski definition) is 2. The van der Waals surface area contributed by atoms with Crippen LogP contribution >= 0.6 is 0 Å². The number of rotatable bonds is 6. The highest BCUT2D eigenvalue weighted by Crippen LogP contribution is 2.30. The molecule has 1 unspecified atom stereocenters. The van der Waals surface area contributed by atoms with Crippen molar-refractivity contribution < 1.29 is 14.3 Å². The normalized spacial score (nSPS) is 12.1. The molecule has 5 heteroatoms. The van der Waals surface area contributed by atoms with E-state index in [0.717, 1.165) is 10.8 Å². The van der Waals surface area contributed by atoms with E-state index in [-0.39, 0.29) is 5.91 Å². The van der Waals surface area contributed by atoms with Crippen LogP contribution in [0.2, 0.25) is 0 Å². The van der Waals surface area contributed by atoms with Crippen LogP contribution in [0.15, 0.2) is 36.4 Å². The first-order valence-corrected chi connectivity index (χ1v) is 6.84. The monoisotopic (exact) mass is 288 g/mol. The number of nitrogens with two attached hydrogens (primary N) is 1. The fraction of sp³-hybridized carbons (Fsp3) is 0.312. The third-order valence-corrected chi connectivity index (χ3v) is 3.20. The standard InChI is InChI=1S/C16H20N2O3/c1-11(16(19)18-9-10-20-2)21-15-8-7-14(17)12-5-3-4-6-13(12)15/h3-8,11H,9-10,17H2,1-2H3,(H,18,19). The second kappa shape index (κ2) is 6.95. The molecular formula is C16H20N2O3. The zero-order chi connectivity index (χ0) is 15.2. The molecule has 0 fully saturated rings. The van der Waals surface area contributed by atoms with Gasteiger partial charge in [0, 0.05) is 30.1 Å². The first-order chi connectivity index (χ1) is 10.1. The molecule has 2 aromatic rings. The number of fused-ring (bicyclic) bond motifs is 1.